The summed E-state index contributed by atoms with van der Waals surface area (Å²) < 4.78 is 4.54. The van der Waals surface area contributed by atoms with Crippen LogP contribution in [0.5, 0.6) is 0 Å². The normalized spacial score (nSPS) is 11.4. The topological polar surface area (TPSA) is 57.4 Å². The van der Waals surface area contributed by atoms with Crippen LogP contribution in [0.25, 0.3) is 88.4 Å². The number of nitriles is 2. The lowest BCUT2D eigenvalue weighted by molar-refractivity contribution is 1.14. The molecule has 0 bridgehead atoms. The SMILES string of the molecule is Cc1cccc(-c2ccc3c4ccccc4n(-c4cc(-c5cccc(C#N)c5)c(-n5c6ccccc6c6ccc(-c7cccc(C)c7)cc65)cc4C#N)c3c2)c1. The molecule has 0 radical (unpaired) electrons. The lowest BCUT2D eigenvalue weighted by Crippen LogP contribution is -2.04. The quantitative estimate of drug-likeness (QED) is 0.178. The van der Waals surface area contributed by atoms with Crippen molar-refractivity contribution in [1.29, 1.82) is 10.5 Å². The fraction of sp³-hybridized carbons (Fsp3) is 0.0385. The van der Waals surface area contributed by atoms with E-state index < -0.39 is 0 Å². The number of aromatic nitrogens is 2. The van der Waals surface area contributed by atoms with Gasteiger partial charge in [0, 0.05) is 27.1 Å². The van der Waals surface area contributed by atoms with Crippen molar-refractivity contribution in [3.8, 4) is 56.9 Å². The lowest BCUT2D eigenvalue weighted by atomic mass is 9.97. The minimum Gasteiger partial charge on any atom is -0.309 e. The number of para-hydroxylation sites is 2. The highest BCUT2D eigenvalue weighted by Crippen LogP contribution is 2.42. The van der Waals surface area contributed by atoms with E-state index in [1.54, 1.807) is 0 Å². The zero-order valence-electron chi connectivity index (χ0n) is 31.0. The molecule has 2 aromatic heterocycles. The highest BCUT2D eigenvalue weighted by molar-refractivity contribution is 6.12. The molecule has 8 aromatic carbocycles. The minimum absolute atomic E-state index is 0.546. The third kappa shape index (κ3) is 5.28. The van der Waals surface area contributed by atoms with Gasteiger partial charge in [-0.15, -0.1) is 0 Å². The van der Waals surface area contributed by atoms with E-state index in [0.717, 1.165) is 88.4 Å². The van der Waals surface area contributed by atoms with Crippen LogP contribution in [0.15, 0.2) is 170 Å². The monoisotopic (exact) mass is 714 g/mol. The molecule has 262 valence electrons. The van der Waals surface area contributed by atoms with Gasteiger partial charge in [0.2, 0.25) is 0 Å². The molecule has 0 unspecified atom stereocenters. The molecule has 10 rings (SSSR count). The maximum atomic E-state index is 11.1. The van der Waals surface area contributed by atoms with Crippen molar-refractivity contribution in [3.63, 3.8) is 0 Å². The minimum atomic E-state index is 0.546. The van der Waals surface area contributed by atoms with E-state index in [2.05, 4.69) is 181 Å². The molecule has 0 saturated heterocycles. The molecule has 0 aliphatic rings. The third-order valence-corrected chi connectivity index (χ3v) is 11.1. The Morgan fingerprint density at radius 3 is 1.43 bits per heavy atom. The standard InChI is InChI=1S/C52H34N4/c1-33-10-7-13-36(24-33)38-20-22-44-42-16-3-5-18-47(42)55(50(44)27-38)49-30-46(40-15-9-12-35(26-40)31-53)52(29-41(49)32-54)56-48-19-6-4-17-43(48)45-23-21-39(28-51(45)56)37-14-8-11-34(2)25-37/h3-30H,1-2H3. The van der Waals surface area contributed by atoms with Crippen molar-refractivity contribution >= 4 is 43.6 Å². The van der Waals surface area contributed by atoms with Gasteiger partial charge < -0.3 is 9.13 Å². The molecule has 0 aliphatic carbocycles. The van der Waals surface area contributed by atoms with E-state index in [1.807, 2.05) is 24.3 Å². The molecule has 0 saturated carbocycles. The summed E-state index contributed by atoms with van der Waals surface area (Å²) >= 11 is 0. The number of aryl methyl sites for hydroxylation is 2. The molecule has 10 aromatic rings. The highest BCUT2D eigenvalue weighted by Gasteiger charge is 2.22. The Balaban J connectivity index is 1.31. The van der Waals surface area contributed by atoms with E-state index in [-0.39, 0.29) is 0 Å². The average Bonchev–Trinajstić information content (AvgIpc) is 3.75. The molecule has 0 amide bonds. The number of nitrogens with zero attached hydrogens (tertiary/aromatic N) is 4. The fourth-order valence-corrected chi connectivity index (χ4v) is 8.49. The van der Waals surface area contributed by atoms with Gasteiger partial charge in [-0.3, -0.25) is 0 Å². The van der Waals surface area contributed by atoms with E-state index in [0.29, 0.717) is 11.1 Å². The molecule has 0 N–H and O–H groups in total. The largest absolute Gasteiger partial charge is 0.309 e. The summed E-state index contributed by atoms with van der Waals surface area (Å²) in [5.41, 5.74) is 15.6. The lowest BCUT2D eigenvalue weighted by Gasteiger charge is -2.19. The first-order chi connectivity index (χ1) is 27.5. The maximum Gasteiger partial charge on any atom is 0.101 e. The summed E-state index contributed by atoms with van der Waals surface area (Å²) in [5.74, 6) is 0. The van der Waals surface area contributed by atoms with Crippen LogP contribution in [-0.2, 0) is 0 Å². The first kappa shape index (κ1) is 32.9. The maximum absolute atomic E-state index is 11.1. The Labute approximate surface area is 325 Å². The average molecular weight is 715 g/mol. The zero-order chi connectivity index (χ0) is 37.9. The van der Waals surface area contributed by atoms with Gasteiger partial charge in [0.15, 0.2) is 0 Å². The second kappa shape index (κ2) is 13.0. The number of hydrogen-bond donors (Lipinski definition) is 0. The highest BCUT2D eigenvalue weighted by atomic mass is 15.0. The number of rotatable bonds is 5. The first-order valence-electron chi connectivity index (χ1n) is 18.8. The zero-order valence-corrected chi connectivity index (χ0v) is 31.0. The Morgan fingerprint density at radius 1 is 0.375 bits per heavy atom. The van der Waals surface area contributed by atoms with E-state index in [4.69, 9.17) is 0 Å². The Kier molecular flexibility index (Phi) is 7.66. The smallest absolute Gasteiger partial charge is 0.101 e. The third-order valence-electron chi connectivity index (χ3n) is 11.1. The molecule has 4 heteroatoms. The van der Waals surface area contributed by atoms with Crippen LogP contribution in [0.1, 0.15) is 22.3 Å². The van der Waals surface area contributed by atoms with Crippen LogP contribution >= 0.6 is 0 Å². The van der Waals surface area contributed by atoms with Gasteiger partial charge in [-0.1, -0.05) is 132 Å². The summed E-state index contributed by atoms with van der Waals surface area (Å²) in [5, 5.41) is 25.7. The van der Waals surface area contributed by atoms with Crippen LogP contribution in [0.2, 0.25) is 0 Å². The second-order valence-corrected chi connectivity index (χ2v) is 14.6. The van der Waals surface area contributed by atoms with Crippen LogP contribution in [-0.4, -0.2) is 9.13 Å². The summed E-state index contributed by atoms with van der Waals surface area (Å²) in [7, 11) is 0. The van der Waals surface area contributed by atoms with E-state index >= 15 is 0 Å². The predicted octanol–water partition coefficient (Wildman–Crippen LogP) is 13.2. The van der Waals surface area contributed by atoms with Gasteiger partial charge in [0.1, 0.15) is 6.07 Å². The van der Waals surface area contributed by atoms with E-state index in [1.165, 1.54) is 11.1 Å². The molecule has 2 heterocycles. The number of benzene rings is 8. The molecule has 0 spiro atoms. The molecule has 56 heavy (non-hydrogen) atoms. The summed E-state index contributed by atoms with van der Waals surface area (Å²) in [4.78, 5) is 0. The van der Waals surface area contributed by atoms with Crippen molar-refractivity contribution in [2.45, 2.75) is 13.8 Å². The van der Waals surface area contributed by atoms with Crippen LogP contribution in [0.4, 0.5) is 0 Å². The van der Waals surface area contributed by atoms with Gasteiger partial charge in [-0.25, -0.2) is 0 Å². The molecule has 0 atom stereocenters. The number of hydrogen-bond acceptors (Lipinski definition) is 2. The fourth-order valence-electron chi connectivity index (χ4n) is 8.49. The van der Waals surface area contributed by atoms with Gasteiger partial charge in [-0.2, -0.15) is 10.5 Å². The van der Waals surface area contributed by atoms with Crippen molar-refractivity contribution in [2.24, 2.45) is 0 Å². The van der Waals surface area contributed by atoms with Crippen molar-refractivity contribution in [1.82, 2.24) is 9.13 Å². The van der Waals surface area contributed by atoms with Gasteiger partial charge in [-0.05, 0) is 90.2 Å². The number of fused-ring (bicyclic) bond motifs is 6. The van der Waals surface area contributed by atoms with Crippen molar-refractivity contribution < 1.29 is 0 Å². The molecule has 0 fully saturated rings. The van der Waals surface area contributed by atoms with Crippen LogP contribution < -0.4 is 0 Å². The van der Waals surface area contributed by atoms with Crippen molar-refractivity contribution in [3.05, 3.63) is 192 Å². The summed E-state index contributed by atoms with van der Waals surface area (Å²) in [6.07, 6.45) is 0. The summed E-state index contributed by atoms with van der Waals surface area (Å²) in [6.45, 7) is 4.23. The van der Waals surface area contributed by atoms with Gasteiger partial charge in [0.05, 0.1) is 50.6 Å². The summed E-state index contributed by atoms with van der Waals surface area (Å²) in [6, 6.07) is 64.3. The van der Waals surface area contributed by atoms with Crippen molar-refractivity contribution in [2.75, 3.05) is 0 Å². The van der Waals surface area contributed by atoms with Crippen LogP contribution in [0, 0.1) is 36.5 Å². The molecule has 0 aliphatic heterocycles. The second-order valence-electron chi connectivity index (χ2n) is 14.6. The Bertz CT molecular complexity index is 3310. The predicted molar refractivity (Wildman–Crippen MR) is 230 cm³/mol. The van der Waals surface area contributed by atoms with Gasteiger partial charge >= 0.3 is 0 Å². The molecular weight excluding hydrogens is 681 g/mol. The Morgan fingerprint density at radius 2 is 0.875 bits per heavy atom. The molecule has 4 nitrogen and oxygen atoms in total. The Hall–Kier alpha value is -7.66. The van der Waals surface area contributed by atoms with Gasteiger partial charge in [0.25, 0.3) is 0 Å². The first-order valence-corrected chi connectivity index (χ1v) is 18.8. The van der Waals surface area contributed by atoms with Crippen LogP contribution in [0.3, 0.4) is 0 Å². The molecular formula is C52H34N4. The van der Waals surface area contributed by atoms with E-state index in [9.17, 15) is 10.5 Å².